The van der Waals surface area contributed by atoms with E-state index in [1.807, 2.05) is 31.2 Å². The molecular weight excluding hydrogens is 284 g/mol. The highest BCUT2D eigenvalue weighted by Crippen LogP contribution is 2.17. The van der Waals surface area contributed by atoms with E-state index < -0.39 is 17.7 Å². The summed E-state index contributed by atoms with van der Waals surface area (Å²) in [5, 5.41) is 12.6. The Morgan fingerprint density at radius 3 is 2.68 bits per heavy atom. The van der Waals surface area contributed by atoms with E-state index in [4.69, 9.17) is 4.74 Å². The zero-order valence-electron chi connectivity index (χ0n) is 13.1. The molecule has 120 valence electrons. The number of amides is 3. The molecule has 6 nitrogen and oxygen atoms in total. The topological polar surface area (TPSA) is 78.9 Å². The average Bonchev–Trinajstić information content (AvgIpc) is 2.67. The Bertz CT molecular complexity index is 571. The van der Waals surface area contributed by atoms with Crippen LogP contribution in [-0.2, 0) is 11.2 Å². The molecule has 22 heavy (non-hydrogen) atoms. The fraction of sp³-hybridized carbons (Fsp3) is 0.500. The van der Waals surface area contributed by atoms with Crippen LogP contribution in [0.15, 0.2) is 24.3 Å². The Labute approximate surface area is 130 Å². The van der Waals surface area contributed by atoms with Gasteiger partial charge in [0.1, 0.15) is 24.0 Å². The Morgan fingerprint density at radius 2 is 2.09 bits per heavy atom. The predicted molar refractivity (Wildman–Crippen MR) is 81.6 cm³/mol. The maximum absolute atomic E-state index is 12.0. The van der Waals surface area contributed by atoms with Crippen LogP contribution in [0.3, 0.4) is 0 Å². The molecule has 0 radical (unpaired) electrons. The van der Waals surface area contributed by atoms with Gasteiger partial charge in [0.05, 0.1) is 6.54 Å². The lowest BCUT2D eigenvalue weighted by Crippen LogP contribution is -2.42. The van der Waals surface area contributed by atoms with Gasteiger partial charge in [-0.2, -0.15) is 0 Å². The van der Waals surface area contributed by atoms with E-state index in [0.717, 1.165) is 16.9 Å². The third-order valence-corrected chi connectivity index (χ3v) is 3.59. The number of nitrogens with one attached hydrogen (secondary N) is 1. The smallest absolute Gasteiger partial charge is 0.325 e. The van der Waals surface area contributed by atoms with Crippen LogP contribution < -0.4 is 10.1 Å². The van der Waals surface area contributed by atoms with E-state index in [-0.39, 0.29) is 19.1 Å². The van der Waals surface area contributed by atoms with E-state index in [1.165, 1.54) is 0 Å². The van der Waals surface area contributed by atoms with Crippen LogP contribution in [0.25, 0.3) is 0 Å². The van der Waals surface area contributed by atoms with Crippen molar-refractivity contribution in [3.8, 4) is 5.75 Å². The number of carbonyl (C=O) groups excluding carboxylic acids is 2. The summed E-state index contributed by atoms with van der Waals surface area (Å²) in [6.45, 7) is 5.25. The van der Waals surface area contributed by atoms with Crippen molar-refractivity contribution in [2.75, 3.05) is 13.2 Å². The summed E-state index contributed by atoms with van der Waals surface area (Å²) in [5.74, 6) is 0.320. The zero-order chi connectivity index (χ0) is 16.3. The Kier molecular flexibility index (Phi) is 4.71. The van der Waals surface area contributed by atoms with Gasteiger partial charge >= 0.3 is 6.03 Å². The summed E-state index contributed by atoms with van der Waals surface area (Å²) in [5.41, 5.74) is 0.218. The lowest BCUT2D eigenvalue weighted by atomic mass is 10.1. The van der Waals surface area contributed by atoms with Crippen molar-refractivity contribution in [1.82, 2.24) is 10.2 Å². The van der Waals surface area contributed by atoms with E-state index in [2.05, 4.69) is 5.32 Å². The van der Waals surface area contributed by atoms with Crippen molar-refractivity contribution in [2.45, 2.75) is 38.8 Å². The Morgan fingerprint density at radius 1 is 1.36 bits per heavy atom. The molecule has 2 rings (SSSR count). The van der Waals surface area contributed by atoms with Gasteiger partial charge in [0.15, 0.2) is 0 Å². The van der Waals surface area contributed by atoms with Crippen molar-refractivity contribution in [2.24, 2.45) is 0 Å². The largest absolute Gasteiger partial charge is 0.491 e. The van der Waals surface area contributed by atoms with E-state index in [9.17, 15) is 14.7 Å². The van der Waals surface area contributed by atoms with Gasteiger partial charge in [0, 0.05) is 0 Å². The molecule has 0 unspecified atom stereocenters. The highest BCUT2D eigenvalue weighted by Gasteiger charge is 2.44. The van der Waals surface area contributed by atoms with E-state index in [0.29, 0.717) is 5.75 Å². The summed E-state index contributed by atoms with van der Waals surface area (Å²) >= 11 is 0. The molecular formula is C16H22N2O4. The van der Waals surface area contributed by atoms with Crippen LogP contribution in [0, 0.1) is 0 Å². The third kappa shape index (κ3) is 3.57. The average molecular weight is 306 g/mol. The van der Waals surface area contributed by atoms with Crippen molar-refractivity contribution in [3.05, 3.63) is 29.8 Å². The number of imide groups is 1. The minimum absolute atomic E-state index is 0.0185. The highest BCUT2D eigenvalue weighted by molar-refractivity contribution is 6.06. The molecule has 0 aliphatic carbocycles. The number of aryl methyl sites for hydroxylation is 1. The number of carbonyl (C=O) groups is 2. The van der Waals surface area contributed by atoms with Crippen LogP contribution in [-0.4, -0.2) is 46.7 Å². The standard InChI is InChI=1S/C16H22N2O4/c1-4-11-6-5-7-13(8-11)22-10-12(19)9-18-14(20)16(2,3)17-15(18)21/h5-8,12,19H,4,9-10H2,1-3H3,(H,17,21)/t12-/m1/s1. The number of hydrogen-bond donors (Lipinski definition) is 2. The van der Waals surface area contributed by atoms with Gasteiger partial charge in [-0.05, 0) is 38.0 Å². The Balaban J connectivity index is 1.89. The molecule has 0 spiro atoms. The van der Waals surface area contributed by atoms with Crippen LogP contribution in [0.1, 0.15) is 26.3 Å². The van der Waals surface area contributed by atoms with Crippen molar-refractivity contribution in [3.63, 3.8) is 0 Å². The number of aliphatic hydroxyl groups is 1. The molecule has 0 aromatic heterocycles. The third-order valence-electron chi connectivity index (χ3n) is 3.59. The highest BCUT2D eigenvalue weighted by atomic mass is 16.5. The van der Waals surface area contributed by atoms with Gasteiger partial charge in [-0.15, -0.1) is 0 Å². The second-order valence-corrected chi connectivity index (χ2v) is 5.94. The van der Waals surface area contributed by atoms with Crippen molar-refractivity contribution < 1.29 is 19.4 Å². The molecule has 6 heteroatoms. The van der Waals surface area contributed by atoms with Crippen LogP contribution in [0.5, 0.6) is 5.75 Å². The van der Waals surface area contributed by atoms with E-state index in [1.54, 1.807) is 13.8 Å². The Hall–Kier alpha value is -2.08. The molecule has 1 fully saturated rings. The van der Waals surface area contributed by atoms with Crippen LogP contribution in [0.4, 0.5) is 4.79 Å². The molecule has 1 aliphatic heterocycles. The molecule has 1 aliphatic rings. The first-order valence-electron chi connectivity index (χ1n) is 7.37. The molecule has 1 aromatic carbocycles. The minimum Gasteiger partial charge on any atom is -0.491 e. The lowest BCUT2D eigenvalue weighted by Gasteiger charge is -2.19. The van der Waals surface area contributed by atoms with Crippen molar-refractivity contribution in [1.29, 1.82) is 0 Å². The molecule has 1 atom stereocenters. The maximum atomic E-state index is 12.0. The SMILES string of the molecule is CCc1cccc(OC[C@H](O)CN2C(=O)NC(C)(C)C2=O)c1. The number of urea groups is 1. The van der Waals surface area contributed by atoms with Crippen LogP contribution >= 0.6 is 0 Å². The second-order valence-electron chi connectivity index (χ2n) is 5.94. The summed E-state index contributed by atoms with van der Waals surface area (Å²) < 4.78 is 5.52. The molecule has 2 N–H and O–H groups in total. The molecule has 0 saturated carbocycles. The summed E-state index contributed by atoms with van der Waals surface area (Å²) in [4.78, 5) is 24.8. The number of ether oxygens (including phenoxy) is 1. The first-order chi connectivity index (χ1) is 10.3. The normalized spacial score (nSPS) is 18.3. The van der Waals surface area contributed by atoms with Gasteiger partial charge in [-0.3, -0.25) is 9.69 Å². The fourth-order valence-electron chi connectivity index (χ4n) is 2.29. The molecule has 1 heterocycles. The molecule has 3 amide bonds. The molecule has 1 saturated heterocycles. The van der Waals surface area contributed by atoms with E-state index >= 15 is 0 Å². The monoisotopic (exact) mass is 306 g/mol. The number of rotatable bonds is 6. The number of aliphatic hydroxyl groups excluding tert-OH is 1. The van der Waals surface area contributed by atoms with Gasteiger partial charge in [0.25, 0.3) is 5.91 Å². The lowest BCUT2D eigenvalue weighted by molar-refractivity contribution is -0.131. The van der Waals surface area contributed by atoms with Crippen molar-refractivity contribution >= 4 is 11.9 Å². The van der Waals surface area contributed by atoms with Gasteiger partial charge in [-0.1, -0.05) is 19.1 Å². The second kappa shape index (κ2) is 6.36. The van der Waals surface area contributed by atoms with Gasteiger partial charge in [-0.25, -0.2) is 4.79 Å². The quantitative estimate of drug-likeness (QED) is 0.777. The predicted octanol–water partition coefficient (Wildman–Crippen LogP) is 1.32. The van der Waals surface area contributed by atoms with Gasteiger partial charge in [0.2, 0.25) is 0 Å². The molecule has 1 aromatic rings. The number of benzene rings is 1. The number of nitrogens with zero attached hydrogens (tertiary/aromatic N) is 1. The minimum atomic E-state index is -0.936. The maximum Gasteiger partial charge on any atom is 0.325 e. The first-order valence-corrected chi connectivity index (χ1v) is 7.37. The number of β-amino-alcohol motifs (C(OH)–C–C–N with tert-alkyl or cyclic N) is 1. The molecule has 0 bridgehead atoms. The van der Waals surface area contributed by atoms with Crippen LogP contribution in [0.2, 0.25) is 0 Å². The zero-order valence-corrected chi connectivity index (χ0v) is 13.1. The fourth-order valence-corrected chi connectivity index (χ4v) is 2.29. The summed E-state index contributed by atoms with van der Waals surface area (Å²) in [7, 11) is 0. The summed E-state index contributed by atoms with van der Waals surface area (Å²) in [6.07, 6.45) is -0.0361. The first kappa shape index (κ1) is 16.3. The van der Waals surface area contributed by atoms with Gasteiger partial charge < -0.3 is 15.2 Å². The summed E-state index contributed by atoms with van der Waals surface area (Å²) in [6, 6.07) is 7.12. The number of hydrogen-bond acceptors (Lipinski definition) is 4.